The van der Waals surface area contributed by atoms with Crippen molar-refractivity contribution in [3.05, 3.63) is 107 Å². The van der Waals surface area contributed by atoms with Crippen LogP contribution in [0.3, 0.4) is 0 Å². The van der Waals surface area contributed by atoms with Crippen molar-refractivity contribution in [2.75, 3.05) is 12.0 Å². The molecule has 7 nitrogen and oxygen atoms in total. The minimum Gasteiger partial charge on any atom is -0.465 e. The number of ether oxygens (including phenoxy) is 1. The highest BCUT2D eigenvalue weighted by Gasteiger charge is 2.35. The topological polar surface area (TPSA) is 80.6 Å². The highest BCUT2D eigenvalue weighted by Crippen LogP contribution is 2.29. The van der Waals surface area contributed by atoms with Gasteiger partial charge >= 0.3 is 5.97 Å². The molecule has 190 valence electrons. The SMILES string of the molecule is CCc1ccccc1N1C(=O)/C(=C/c2cn(Cc3cccc(C(=O)OC)c3)c3ccccc23)C(=O)NC1=S. The molecule has 0 aliphatic carbocycles. The number of esters is 1. The zero-order valence-electron chi connectivity index (χ0n) is 20.9. The molecule has 1 N–H and O–H groups in total. The van der Waals surface area contributed by atoms with Crippen LogP contribution < -0.4 is 10.2 Å². The number of methoxy groups -OCH3 is 1. The number of amides is 2. The summed E-state index contributed by atoms with van der Waals surface area (Å²) < 4.78 is 6.87. The second kappa shape index (κ2) is 10.4. The van der Waals surface area contributed by atoms with E-state index in [2.05, 4.69) is 5.32 Å². The van der Waals surface area contributed by atoms with E-state index in [-0.39, 0.29) is 10.7 Å². The molecule has 3 aromatic carbocycles. The lowest BCUT2D eigenvalue weighted by molar-refractivity contribution is -0.122. The number of benzene rings is 3. The van der Waals surface area contributed by atoms with Gasteiger partial charge in [-0.15, -0.1) is 0 Å². The van der Waals surface area contributed by atoms with Crippen molar-refractivity contribution >= 4 is 57.8 Å². The van der Waals surface area contributed by atoms with Crippen LogP contribution in [0.5, 0.6) is 0 Å². The number of para-hydroxylation sites is 2. The summed E-state index contributed by atoms with van der Waals surface area (Å²) in [4.78, 5) is 40.0. The number of nitrogens with zero attached hydrogens (tertiary/aromatic N) is 2. The standard InChI is InChI=1S/C30H25N3O4S/c1-3-20-10-4-6-13-25(20)33-28(35)24(27(34)31-30(33)38)16-22-18-32(26-14-7-5-12-23(22)26)17-19-9-8-11-21(15-19)29(36)37-2/h4-16,18H,3,17H2,1-2H3,(H,31,34,38)/b24-16+. The number of thiocarbonyl (C=S) groups is 1. The summed E-state index contributed by atoms with van der Waals surface area (Å²) in [5.74, 6) is -1.40. The maximum Gasteiger partial charge on any atom is 0.337 e. The largest absolute Gasteiger partial charge is 0.465 e. The summed E-state index contributed by atoms with van der Waals surface area (Å²) in [6.07, 6.45) is 4.23. The van der Waals surface area contributed by atoms with E-state index in [1.54, 1.807) is 18.2 Å². The van der Waals surface area contributed by atoms with Crippen LogP contribution in [-0.2, 0) is 27.3 Å². The number of hydrogen-bond acceptors (Lipinski definition) is 5. The lowest BCUT2D eigenvalue weighted by Gasteiger charge is -2.30. The summed E-state index contributed by atoms with van der Waals surface area (Å²) >= 11 is 5.39. The Hall–Kier alpha value is -4.56. The van der Waals surface area contributed by atoms with Gasteiger partial charge in [-0.1, -0.05) is 55.5 Å². The molecule has 5 rings (SSSR count). The monoisotopic (exact) mass is 523 g/mol. The van der Waals surface area contributed by atoms with Gasteiger partial charge in [0.15, 0.2) is 5.11 Å². The van der Waals surface area contributed by atoms with Gasteiger partial charge in [-0.2, -0.15) is 0 Å². The molecule has 0 spiro atoms. The molecular weight excluding hydrogens is 498 g/mol. The molecule has 1 fully saturated rings. The van der Waals surface area contributed by atoms with Crippen molar-refractivity contribution in [1.29, 1.82) is 0 Å². The van der Waals surface area contributed by atoms with Crippen molar-refractivity contribution in [3.63, 3.8) is 0 Å². The Labute approximate surface area is 225 Å². The van der Waals surface area contributed by atoms with E-state index in [1.165, 1.54) is 12.0 Å². The highest BCUT2D eigenvalue weighted by atomic mass is 32.1. The predicted octanol–water partition coefficient (Wildman–Crippen LogP) is 4.87. The van der Waals surface area contributed by atoms with Crippen molar-refractivity contribution in [2.45, 2.75) is 19.9 Å². The molecule has 1 aliphatic rings. The summed E-state index contributed by atoms with van der Waals surface area (Å²) in [5.41, 5.74) is 4.63. The van der Waals surface area contributed by atoms with Gasteiger partial charge in [0.1, 0.15) is 5.57 Å². The number of carbonyl (C=O) groups excluding carboxylic acids is 3. The molecule has 1 saturated heterocycles. The Bertz CT molecular complexity index is 1640. The van der Waals surface area contributed by atoms with Crippen molar-refractivity contribution < 1.29 is 19.1 Å². The zero-order chi connectivity index (χ0) is 26.8. The summed E-state index contributed by atoms with van der Waals surface area (Å²) in [6, 6.07) is 22.5. The number of rotatable bonds is 6. The van der Waals surface area contributed by atoms with Crippen LogP contribution in [0.1, 0.15) is 34.0 Å². The van der Waals surface area contributed by atoms with Gasteiger partial charge in [0, 0.05) is 29.2 Å². The van der Waals surface area contributed by atoms with Gasteiger partial charge in [-0.25, -0.2) is 4.79 Å². The van der Waals surface area contributed by atoms with Crippen LogP contribution in [0.25, 0.3) is 17.0 Å². The van der Waals surface area contributed by atoms with E-state index >= 15 is 0 Å². The van der Waals surface area contributed by atoms with Crippen molar-refractivity contribution in [2.24, 2.45) is 0 Å². The van der Waals surface area contributed by atoms with E-state index in [4.69, 9.17) is 17.0 Å². The Morgan fingerprint density at radius 1 is 1.03 bits per heavy atom. The van der Waals surface area contributed by atoms with Gasteiger partial charge in [-0.05, 0) is 60.1 Å². The van der Waals surface area contributed by atoms with Crippen LogP contribution in [0.2, 0.25) is 0 Å². The van der Waals surface area contributed by atoms with Crippen molar-refractivity contribution in [1.82, 2.24) is 9.88 Å². The number of aryl methyl sites for hydroxylation is 1. The average Bonchev–Trinajstić information content (AvgIpc) is 3.27. The Morgan fingerprint density at radius 3 is 2.58 bits per heavy atom. The third kappa shape index (κ3) is 4.62. The van der Waals surface area contributed by atoms with Gasteiger partial charge in [0.25, 0.3) is 11.8 Å². The molecule has 0 atom stereocenters. The number of anilines is 1. The molecule has 0 unspecified atom stereocenters. The first-order valence-corrected chi connectivity index (χ1v) is 12.6. The van der Waals surface area contributed by atoms with E-state index < -0.39 is 17.8 Å². The quantitative estimate of drug-likeness (QED) is 0.169. The van der Waals surface area contributed by atoms with E-state index in [1.807, 2.05) is 78.4 Å². The summed E-state index contributed by atoms with van der Waals surface area (Å²) in [7, 11) is 1.35. The third-order valence-corrected chi connectivity index (χ3v) is 6.82. The minimum absolute atomic E-state index is 0.0000906. The third-order valence-electron chi connectivity index (χ3n) is 6.54. The molecule has 8 heteroatoms. The first kappa shape index (κ1) is 25.1. The number of carbonyl (C=O) groups is 3. The number of aromatic nitrogens is 1. The first-order valence-electron chi connectivity index (χ1n) is 12.2. The van der Waals surface area contributed by atoms with Crippen LogP contribution in [0.4, 0.5) is 5.69 Å². The predicted molar refractivity (Wildman–Crippen MR) is 151 cm³/mol. The van der Waals surface area contributed by atoms with Gasteiger partial charge in [-0.3, -0.25) is 19.8 Å². The fourth-order valence-corrected chi connectivity index (χ4v) is 4.97. The van der Waals surface area contributed by atoms with Gasteiger partial charge < -0.3 is 9.30 Å². The van der Waals surface area contributed by atoms with Crippen LogP contribution in [-0.4, -0.2) is 34.6 Å². The lowest BCUT2D eigenvalue weighted by Crippen LogP contribution is -2.54. The summed E-state index contributed by atoms with van der Waals surface area (Å²) in [5, 5.41) is 3.62. The summed E-state index contributed by atoms with van der Waals surface area (Å²) in [6.45, 7) is 2.48. The fraction of sp³-hybridized carbons (Fsp3) is 0.133. The molecule has 0 bridgehead atoms. The number of fused-ring (bicyclic) bond motifs is 1. The molecule has 0 saturated carbocycles. The molecule has 38 heavy (non-hydrogen) atoms. The minimum atomic E-state index is -0.534. The molecule has 1 aromatic heterocycles. The van der Waals surface area contributed by atoms with Crippen LogP contribution in [0.15, 0.2) is 84.6 Å². The first-order chi connectivity index (χ1) is 18.4. The zero-order valence-corrected chi connectivity index (χ0v) is 21.7. The molecule has 0 radical (unpaired) electrons. The van der Waals surface area contributed by atoms with Gasteiger partial charge in [0.05, 0.1) is 18.4 Å². The normalized spacial score (nSPS) is 14.7. The molecule has 2 amide bonds. The maximum absolute atomic E-state index is 13.6. The van der Waals surface area contributed by atoms with Crippen LogP contribution >= 0.6 is 12.2 Å². The fourth-order valence-electron chi connectivity index (χ4n) is 4.69. The molecule has 1 aliphatic heterocycles. The van der Waals surface area contributed by atoms with E-state index in [9.17, 15) is 14.4 Å². The van der Waals surface area contributed by atoms with Crippen LogP contribution in [0, 0.1) is 0 Å². The van der Waals surface area contributed by atoms with E-state index in [0.717, 1.165) is 27.6 Å². The number of nitrogens with one attached hydrogen (secondary N) is 1. The Balaban J connectivity index is 1.55. The van der Waals surface area contributed by atoms with Crippen molar-refractivity contribution in [3.8, 4) is 0 Å². The Morgan fingerprint density at radius 2 is 1.79 bits per heavy atom. The lowest BCUT2D eigenvalue weighted by atomic mass is 10.0. The average molecular weight is 524 g/mol. The smallest absolute Gasteiger partial charge is 0.337 e. The second-order valence-electron chi connectivity index (χ2n) is 8.86. The second-order valence-corrected chi connectivity index (χ2v) is 9.25. The maximum atomic E-state index is 13.6. The molecule has 4 aromatic rings. The molecule has 2 heterocycles. The van der Waals surface area contributed by atoms with Gasteiger partial charge in [0.2, 0.25) is 0 Å². The highest BCUT2D eigenvalue weighted by molar-refractivity contribution is 7.80. The Kier molecular flexibility index (Phi) is 6.89. The number of hydrogen-bond donors (Lipinski definition) is 1. The molecular formula is C30H25N3O4S. The van der Waals surface area contributed by atoms with E-state index in [0.29, 0.717) is 24.2 Å².